The monoisotopic (exact) mass is 302 g/mol. The molecular weight excluding hydrogens is 280 g/mol. The minimum Gasteiger partial charge on any atom is -0.296 e. The number of halogens is 1. The Morgan fingerprint density at radius 1 is 1.24 bits per heavy atom. The Bertz CT molecular complexity index is 640. The first kappa shape index (κ1) is 14.8. The highest BCUT2D eigenvalue weighted by molar-refractivity contribution is 6.30. The maximum absolute atomic E-state index is 6.41. The fourth-order valence-corrected chi connectivity index (χ4v) is 3.71. The van der Waals surface area contributed by atoms with E-state index in [4.69, 9.17) is 11.6 Å². The summed E-state index contributed by atoms with van der Waals surface area (Å²) in [7, 11) is 0. The molecular formula is C18H23ClN2. The molecule has 0 radical (unpaired) electrons. The molecule has 1 aliphatic rings. The SMILES string of the molecule is CC1CC(C)C(C)N(Cc2cc3ccccc3nc2Cl)C1. The van der Waals surface area contributed by atoms with Gasteiger partial charge in [-0.25, -0.2) is 4.98 Å². The molecule has 1 aliphatic heterocycles. The third-order valence-electron chi connectivity index (χ3n) is 4.84. The summed E-state index contributed by atoms with van der Waals surface area (Å²) in [6.45, 7) is 9.07. The van der Waals surface area contributed by atoms with Gasteiger partial charge < -0.3 is 0 Å². The zero-order chi connectivity index (χ0) is 15.0. The van der Waals surface area contributed by atoms with Crippen LogP contribution in [0.5, 0.6) is 0 Å². The van der Waals surface area contributed by atoms with Crippen molar-refractivity contribution < 1.29 is 0 Å². The minimum atomic E-state index is 0.601. The van der Waals surface area contributed by atoms with Crippen LogP contribution in [0.4, 0.5) is 0 Å². The summed E-state index contributed by atoms with van der Waals surface area (Å²) in [5, 5.41) is 1.81. The van der Waals surface area contributed by atoms with E-state index in [9.17, 15) is 0 Å². The molecule has 0 spiro atoms. The van der Waals surface area contributed by atoms with Crippen molar-refractivity contribution in [1.29, 1.82) is 0 Å². The van der Waals surface area contributed by atoms with Crippen LogP contribution in [0, 0.1) is 11.8 Å². The molecule has 0 N–H and O–H groups in total. The van der Waals surface area contributed by atoms with Crippen molar-refractivity contribution in [3.63, 3.8) is 0 Å². The third-order valence-corrected chi connectivity index (χ3v) is 5.17. The van der Waals surface area contributed by atoms with Crippen LogP contribution in [0.2, 0.25) is 5.15 Å². The van der Waals surface area contributed by atoms with Crippen molar-refractivity contribution in [2.24, 2.45) is 11.8 Å². The van der Waals surface area contributed by atoms with Gasteiger partial charge in [-0.1, -0.05) is 43.6 Å². The quantitative estimate of drug-likeness (QED) is 0.744. The average molecular weight is 303 g/mol. The number of hydrogen-bond donors (Lipinski definition) is 0. The normalized spacial score (nSPS) is 27.1. The third kappa shape index (κ3) is 3.07. The van der Waals surface area contributed by atoms with E-state index >= 15 is 0 Å². The van der Waals surface area contributed by atoms with Gasteiger partial charge in [0.05, 0.1) is 5.52 Å². The Hall–Kier alpha value is -1.12. The van der Waals surface area contributed by atoms with E-state index in [-0.39, 0.29) is 0 Å². The summed E-state index contributed by atoms with van der Waals surface area (Å²) < 4.78 is 0. The van der Waals surface area contributed by atoms with E-state index in [0.717, 1.165) is 36.0 Å². The van der Waals surface area contributed by atoms with Crippen LogP contribution in [0.1, 0.15) is 32.8 Å². The van der Waals surface area contributed by atoms with Crippen molar-refractivity contribution in [2.45, 2.75) is 39.8 Å². The van der Waals surface area contributed by atoms with E-state index in [1.54, 1.807) is 0 Å². The summed E-state index contributed by atoms with van der Waals surface area (Å²) in [6.07, 6.45) is 1.32. The van der Waals surface area contributed by atoms with Gasteiger partial charge in [-0.3, -0.25) is 4.90 Å². The lowest BCUT2D eigenvalue weighted by atomic mass is 9.86. The van der Waals surface area contributed by atoms with Gasteiger partial charge in [0.2, 0.25) is 0 Å². The average Bonchev–Trinajstić information content (AvgIpc) is 2.45. The van der Waals surface area contributed by atoms with Gasteiger partial charge in [0.25, 0.3) is 0 Å². The molecule has 21 heavy (non-hydrogen) atoms. The lowest BCUT2D eigenvalue weighted by molar-refractivity contribution is 0.0729. The largest absolute Gasteiger partial charge is 0.296 e. The van der Waals surface area contributed by atoms with Crippen LogP contribution in [-0.4, -0.2) is 22.5 Å². The number of likely N-dealkylation sites (tertiary alicyclic amines) is 1. The summed E-state index contributed by atoms with van der Waals surface area (Å²) >= 11 is 6.41. The van der Waals surface area contributed by atoms with Crippen LogP contribution in [-0.2, 0) is 6.54 Å². The van der Waals surface area contributed by atoms with E-state index in [1.165, 1.54) is 11.8 Å². The number of benzene rings is 1. The van der Waals surface area contributed by atoms with Gasteiger partial charge >= 0.3 is 0 Å². The maximum atomic E-state index is 6.41. The highest BCUT2D eigenvalue weighted by Gasteiger charge is 2.29. The highest BCUT2D eigenvalue weighted by atomic mass is 35.5. The Labute approximate surface area is 132 Å². The zero-order valence-corrected chi connectivity index (χ0v) is 13.8. The molecule has 3 heteroatoms. The van der Waals surface area contributed by atoms with Crippen molar-refractivity contribution >= 4 is 22.5 Å². The highest BCUT2D eigenvalue weighted by Crippen LogP contribution is 2.30. The molecule has 0 bridgehead atoms. The van der Waals surface area contributed by atoms with Crippen LogP contribution >= 0.6 is 11.6 Å². The van der Waals surface area contributed by atoms with Crippen LogP contribution in [0.15, 0.2) is 30.3 Å². The molecule has 112 valence electrons. The number of para-hydroxylation sites is 1. The molecule has 2 heterocycles. The Morgan fingerprint density at radius 2 is 2.00 bits per heavy atom. The second-order valence-electron chi connectivity index (χ2n) is 6.62. The van der Waals surface area contributed by atoms with Gasteiger partial charge in [0.1, 0.15) is 5.15 Å². The minimum absolute atomic E-state index is 0.601. The van der Waals surface area contributed by atoms with Crippen LogP contribution in [0.3, 0.4) is 0 Å². The number of piperidine rings is 1. The lowest BCUT2D eigenvalue weighted by Crippen LogP contribution is -2.45. The second kappa shape index (κ2) is 5.94. The predicted octanol–water partition coefficient (Wildman–Crippen LogP) is 4.75. The number of aromatic nitrogens is 1. The van der Waals surface area contributed by atoms with Gasteiger partial charge in [0, 0.05) is 30.1 Å². The molecule has 3 atom stereocenters. The number of hydrogen-bond acceptors (Lipinski definition) is 2. The first-order valence-corrected chi connectivity index (χ1v) is 8.20. The van der Waals surface area contributed by atoms with E-state index in [2.05, 4.69) is 48.9 Å². The molecule has 1 fully saturated rings. The molecule has 1 aromatic heterocycles. The van der Waals surface area contributed by atoms with Crippen molar-refractivity contribution in [2.75, 3.05) is 6.54 Å². The Morgan fingerprint density at radius 3 is 2.81 bits per heavy atom. The number of nitrogens with zero attached hydrogens (tertiary/aromatic N) is 2. The summed E-state index contributed by atoms with van der Waals surface area (Å²) in [5.74, 6) is 1.49. The van der Waals surface area contributed by atoms with Crippen LogP contribution < -0.4 is 0 Å². The van der Waals surface area contributed by atoms with Gasteiger partial charge in [0.15, 0.2) is 0 Å². The van der Waals surface area contributed by atoms with Crippen molar-refractivity contribution in [1.82, 2.24) is 9.88 Å². The molecule has 3 unspecified atom stereocenters. The molecule has 2 aromatic rings. The van der Waals surface area contributed by atoms with Gasteiger partial charge in [-0.05, 0) is 37.3 Å². The fraction of sp³-hybridized carbons (Fsp3) is 0.500. The van der Waals surface area contributed by atoms with Crippen molar-refractivity contribution in [3.8, 4) is 0 Å². The molecule has 3 rings (SSSR count). The standard InChI is InChI=1S/C18H23ClN2/c1-12-8-13(2)14(3)21(10-12)11-16-9-15-6-4-5-7-17(15)20-18(16)19/h4-7,9,12-14H,8,10-11H2,1-3H3. The summed E-state index contributed by atoms with van der Waals surface area (Å²) in [4.78, 5) is 7.10. The van der Waals surface area contributed by atoms with E-state index < -0.39 is 0 Å². The summed E-state index contributed by atoms with van der Waals surface area (Å²) in [6, 6.07) is 11.0. The lowest BCUT2D eigenvalue weighted by Gasteiger charge is -2.41. The van der Waals surface area contributed by atoms with E-state index in [1.807, 2.05) is 12.1 Å². The second-order valence-corrected chi connectivity index (χ2v) is 6.98. The topological polar surface area (TPSA) is 16.1 Å². The fourth-order valence-electron chi connectivity index (χ4n) is 3.51. The zero-order valence-electron chi connectivity index (χ0n) is 13.0. The van der Waals surface area contributed by atoms with Gasteiger partial charge in [-0.2, -0.15) is 0 Å². The summed E-state index contributed by atoms with van der Waals surface area (Å²) in [5.41, 5.74) is 2.11. The smallest absolute Gasteiger partial charge is 0.134 e. The molecule has 1 aromatic carbocycles. The Balaban J connectivity index is 1.88. The first-order chi connectivity index (χ1) is 10.0. The predicted molar refractivity (Wildman–Crippen MR) is 89.6 cm³/mol. The number of rotatable bonds is 2. The molecule has 1 saturated heterocycles. The molecule has 0 saturated carbocycles. The molecule has 0 aliphatic carbocycles. The van der Waals surface area contributed by atoms with Gasteiger partial charge in [-0.15, -0.1) is 0 Å². The number of fused-ring (bicyclic) bond motifs is 1. The Kier molecular flexibility index (Phi) is 4.19. The maximum Gasteiger partial charge on any atom is 0.134 e. The van der Waals surface area contributed by atoms with Crippen LogP contribution in [0.25, 0.3) is 10.9 Å². The van der Waals surface area contributed by atoms with E-state index in [0.29, 0.717) is 11.2 Å². The van der Waals surface area contributed by atoms with Crippen molar-refractivity contribution in [3.05, 3.63) is 41.0 Å². The number of pyridine rings is 1. The molecule has 2 nitrogen and oxygen atoms in total. The first-order valence-electron chi connectivity index (χ1n) is 7.83. The molecule has 0 amide bonds.